The third-order valence-corrected chi connectivity index (χ3v) is 1.88. The van der Waals surface area contributed by atoms with Crippen molar-refractivity contribution < 1.29 is 4.79 Å². The van der Waals surface area contributed by atoms with Gasteiger partial charge in [-0.1, -0.05) is 0 Å². The quantitative estimate of drug-likeness (QED) is 0.441. The zero-order valence-corrected chi connectivity index (χ0v) is 9.40. The zero-order valence-electron chi connectivity index (χ0n) is 9.40. The Kier molecular flexibility index (Phi) is 4.62. The minimum Gasteiger partial charge on any atom is -0.349 e. The van der Waals surface area contributed by atoms with Crippen LogP contribution < -0.4 is 16.6 Å². The SMILES string of the molecule is CN(C)CCNC(=O)c1cnc(NN)cn1. The number of rotatable bonds is 5. The number of carbonyl (C=O) groups is 1. The molecular weight excluding hydrogens is 208 g/mol. The van der Waals surface area contributed by atoms with Gasteiger partial charge in [0.1, 0.15) is 5.69 Å². The second-order valence-corrected chi connectivity index (χ2v) is 3.49. The Labute approximate surface area is 94.0 Å². The fourth-order valence-electron chi connectivity index (χ4n) is 1.00. The molecule has 0 bridgehead atoms. The summed E-state index contributed by atoms with van der Waals surface area (Å²) in [5, 5.41) is 2.73. The van der Waals surface area contributed by atoms with Gasteiger partial charge in [-0.2, -0.15) is 0 Å². The Morgan fingerprint density at radius 2 is 2.19 bits per heavy atom. The largest absolute Gasteiger partial charge is 0.349 e. The summed E-state index contributed by atoms with van der Waals surface area (Å²) in [7, 11) is 3.88. The molecule has 1 heterocycles. The standard InChI is InChI=1S/C9H16N6O/c1-15(2)4-3-11-9(16)7-5-13-8(14-10)6-12-7/h5-6H,3-4,10H2,1-2H3,(H,11,16)(H,13,14). The van der Waals surface area contributed by atoms with Gasteiger partial charge in [0.05, 0.1) is 12.4 Å². The van der Waals surface area contributed by atoms with E-state index in [1.807, 2.05) is 19.0 Å². The molecule has 7 heteroatoms. The molecule has 0 saturated carbocycles. The number of hydrogen-bond donors (Lipinski definition) is 3. The molecule has 0 aliphatic carbocycles. The van der Waals surface area contributed by atoms with E-state index in [4.69, 9.17) is 5.84 Å². The molecule has 4 N–H and O–H groups in total. The predicted molar refractivity (Wildman–Crippen MR) is 60.7 cm³/mol. The number of likely N-dealkylation sites (N-methyl/N-ethyl adjacent to an activating group) is 1. The highest BCUT2D eigenvalue weighted by Gasteiger charge is 2.06. The van der Waals surface area contributed by atoms with Gasteiger partial charge in [-0.3, -0.25) is 4.79 Å². The number of nitrogens with zero attached hydrogens (tertiary/aromatic N) is 3. The van der Waals surface area contributed by atoms with E-state index in [2.05, 4.69) is 20.7 Å². The van der Waals surface area contributed by atoms with E-state index >= 15 is 0 Å². The van der Waals surface area contributed by atoms with Crippen molar-refractivity contribution in [3.63, 3.8) is 0 Å². The van der Waals surface area contributed by atoms with Gasteiger partial charge in [0.15, 0.2) is 5.82 Å². The van der Waals surface area contributed by atoms with E-state index in [0.29, 0.717) is 12.4 Å². The third-order valence-electron chi connectivity index (χ3n) is 1.88. The minimum atomic E-state index is -0.238. The van der Waals surface area contributed by atoms with Gasteiger partial charge >= 0.3 is 0 Å². The molecular formula is C9H16N6O. The summed E-state index contributed by atoms with van der Waals surface area (Å²) in [5.41, 5.74) is 2.61. The lowest BCUT2D eigenvalue weighted by atomic mass is 10.4. The maximum atomic E-state index is 11.5. The molecule has 0 radical (unpaired) electrons. The van der Waals surface area contributed by atoms with Gasteiger partial charge in [0, 0.05) is 13.1 Å². The van der Waals surface area contributed by atoms with Crippen LogP contribution >= 0.6 is 0 Å². The van der Waals surface area contributed by atoms with Crippen LogP contribution in [-0.4, -0.2) is 48.0 Å². The molecule has 0 spiro atoms. The molecule has 0 aliphatic rings. The summed E-state index contributed by atoms with van der Waals surface area (Å²) in [6, 6.07) is 0. The van der Waals surface area contributed by atoms with Crippen molar-refractivity contribution >= 4 is 11.7 Å². The van der Waals surface area contributed by atoms with Crippen molar-refractivity contribution in [2.75, 3.05) is 32.6 Å². The van der Waals surface area contributed by atoms with Crippen LogP contribution in [0.15, 0.2) is 12.4 Å². The fourth-order valence-corrected chi connectivity index (χ4v) is 1.00. The van der Waals surface area contributed by atoms with Gasteiger partial charge in [-0.25, -0.2) is 15.8 Å². The van der Waals surface area contributed by atoms with Crippen LogP contribution in [0.1, 0.15) is 10.5 Å². The summed E-state index contributed by atoms with van der Waals surface area (Å²) in [6.45, 7) is 1.35. The third kappa shape index (κ3) is 3.79. The van der Waals surface area contributed by atoms with Crippen molar-refractivity contribution in [1.82, 2.24) is 20.2 Å². The number of hydrazine groups is 1. The Hall–Kier alpha value is -1.73. The summed E-state index contributed by atoms with van der Waals surface area (Å²) in [5.74, 6) is 5.31. The molecule has 1 amide bonds. The first kappa shape index (κ1) is 12.3. The van der Waals surface area contributed by atoms with Crippen LogP contribution in [0.2, 0.25) is 0 Å². The van der Waals surface area contributed by atoms with E-state index in [-0.39, 0.29) is 11.6 Å². The van der Waals surface area contributed by atoms with E-state index in [1.165, 1.54) is 12.4 Å². The number of anilines is 1. The average molecular weight is 224 g/mol. The topological polar surface area (TPSA) is 96.2 Å². The van der Waals surface area contributed by atoms with E-state index in [0.717, 1.165) is 6.54 Å². The van der Waals surface area contributed by atoms with E-state index in [1.54, 1.807) is 0 Å². The number of amides is 1. The number of hydrogen-bond acceptors (Lipinski definition) is 6. The van der Waals surface area contributed by atoms with Crippen molar-refractivity contribution in [3.8, 4) is 0 Å². The first-order chi connectivity index (χ1) is 7.63. The van der Waals surface area contributed by atoms with Crippen LogP contribution in [0.3, 0.4) is 0 Å². The normalized spacial score (nSPS) is 10.2. The first-order valence-corrected chi connectivity index (χ1v) is 4.85. The number of nitrogen functional groups attached to an aromatic ring is 1. The van der Waals surface area contributed by atoms with Crippen LogP contribution in [0.4, 0.5) is 5.82 Å². The Morgan fingerprint density at radius 1 is 1.44 bits per heavy atom. The van der Waals surface area contributed by atoms with Crippen molar-refractivity contribution in [2.24, 2.45) is 5.84 Å². The molecule has 0 aromatic carbocycles. The van der Waals surface area contributed by atoms with Gasteiger partial charge in [-0.05, 0) is 14.1 Å². The fraction of sp³-hybridized carbons (Fsp3) is 0.444. The van der Waals surface area contributed by atoms with Crippen LogP contribution in [0.25, 0.3) is 0 Å². The molecule has 0 saturated heterocycles. The number of carbonyl (C=O) groups excluding carboxylic acids is 1. The summed E-state index contributed by atoms with van der Waals surface area (Å²) < 4.78 is 0. The van der Waals surface area contributed by atoms with Crippen LogP contribution in [0.5, 0.6) is 0 Å². The maximum absolute atomic E-state index is 11.5. The highest BCUT2D eigenvalue weighted by molar-refractivity contribution is 5.91. The van der Waals surface area contributed by atoms with E-state index in [9.17, 15) is 4.79 Å². The molecule has 0 aliphatic heterocycles. The first-order valence-electron chi connectivity index (χ1n) is 4.85. The minimum absolute atomic E-state index is 0.238. The second kappa shape index (κ2) is 5.99. The molecule has 16 heavy (non-hydrogen) atoms. The number of aromatic nitrogens is 2. The second-order valence-electron chi connectivity index (χ2n) is 3.49. The number of nitrogens with two attached hydrogens (primary N) is 1. The lowest BCUT2D eigenvalue weighted by Crippen LogP contribution is -2.31. The highest BCUT2D eigenvalue weighted by atomic mass is 16.1. The van der Waals surface area contributed by atoms with Gasteiger partial charge in [0.25, 0.3) is 5.91 Å². The van der Waals surface area contributed by atoms with Crippen LogP contribution in [0, 0.1) is 0 Å². The highest BCUT2D eigenvalue weighted by Crippen LogP contribution is 1.98. The summed E-state index contributed by atoms with van der Waals surface area (Å²) >= 11 is 0. The van der Waals surface area contributed by atoms with Crippen molar-refractivity contribution in [3.05, 3.63) is 18.1 Å². The molecule has 7 nitrogen and oxygen atoms in total. The Bertz CT molecular complexity index is 336. The molecule has 0 unspecified atom stereocenters. The summed E-state index contributed by atoms with van der Waals surface area (Å²) in [4.78, 5) is 21.3. The predicted octanol–water partition coefficient (Wildman–Crippen LogP) is -0.946. The smallest absolute Gasteiger partial charge is 0.271 e. The lowest BCUT2D eigenvalue weighted by molar-refractivity contribution is 0.0945. The van der Waals surface area contributed by atoms with Crippen molar-refractivity contribution in [1.29, 1.82) is 0 Å². The zero-order chi connectivity index (χ0) is 12.0. The van der Waals surface area contributed by atoms with Gasteiger partial charge in [0.2, 0.25) is 0 Å². The molecule has 1 aromatic heterocycles. The average Bonchev–Trinajstić information content (AvgIpc) is 2.28. The summed E-state index contributed by atoms with van der Waals surface area (Å²) in [6.07, 6.45) is 2.78. The molecule has 0 fully saturated rings. The molecule has 1 rings (SSSR count). The molecule has 0 atom stereocenters. The van der Waals surface area contributed by atoms with Gasteiger partial charge in [-0.15, -0.1) is 0 Å². The molecule has 88 valence electrons. The van der Waals surface area contributed by atoms with Crippen molar-refractivity contribution in [2.45, 2.75) is 0 Å². The van der Waals surface area contributed by atoms with Crippen LogP contribution in [-0.2, 0) is 0 Å². The Balaban J connectivity index is 2.46. The van der Waals surface area contributed by atoms with E-state index < -0.39 is 0 Å². The van der Waals surface area contributed by atoms with Gasteiger partial charge < -0.3 is 15.6 Å². The monoisotopic (exact) mass is 224 g/mol. The number of nitrogens with one attached hydrogen (secondary N) is 2. The lowest BCUT2D eigenvalue weighted by Gasteiger charge is -2.09. The molecule has 1 aromatic rings. The Morgan fingerprint density at radius 3 is 2.69 bits per heavy atom. The maximum Gasteiger partial charge on any atom is 0.271 e.